The van der Waals surface area contributed by atoms with Gasteiger partial charge in [-0.15, -0.1) is 0 Å². The molecule has 0 aromatic heterocycles. The molecule has 0 heterocycles. The summed E-state index contributed by atoms with van der Waals surface area (Å²) >= 11 is 3.31. The van der Waals surface area contributed by atoms with Gasteiger partial charge in [0.05, 0.1) is 0 Å². The fourth-order valence-corrected chi connectivity index (χ4v) is 2.17. The van der Waals surface area contributed by atoms with E-state index in [0.29, 0.717) is 16.8 Å². The Kier molecular flexibility index (Phi) is 5.49. The second kappa shape index (κ2) is 7.56. The molecule has 2 aromatic rings. The van der Waals surface area contributed by atoms with Crippen molar-refractivity contribution in [2.75, 3.05) is 0 Å². The molecular formula is C17H15BrN2O2. The summed E-state index contributed by atoms with van der Waals surface area (Å²) in [7, 11) is 0. The number of ketones is 1. The summed E-state index contributed by atoms with van der Waals surface area (Å²) in [5.74, 6) is -0.400. The van der Waals surface area contributed by atoms with Crippen LogP contribution in [-0.4, -0.2) is 11.7 Å². The number of hydrazine groups is 1. The highest BCUT2D eigenvalue weighted by Crippen LogP contribution is 2.11. The first-order chi connectivity index (χ1) is 10.6. The standard InChI is InChI=1S/C17H15BrN2O2/c1-12(10-16(21)13-6-3-2-4-7-13)19-20-17(22)14-8-5-9-15(18)11-14/h2-11,19H,1H3,(H,20,22). The number of halogens is 1. The Labute approximate surface area is 137 Å². The molecule has 0 atom stereocenters. The van der Waals surface area contributed by atoms with Gasteiger partial charge in [-0.05, 0) is 25.1 Å². The molecular weight excluding hydrogens is 344 g/mol. The van der Waals surface area contributed by atoms with E-state index in [1.165, 1.54) is 6.08 Å². The summed E-state index contributed by atoms with van der Waals surface area (Å²) in [5, 5.41) is 0. The van der Waals surface area contributed by atoms with E-state index >= 15 is 0 Å². The quantitative estimate of drug-likeness (QED) is 0.488. The van der Waals surface area contributed by atoms with E-state index in [0.717, 1.165) is 4.47 Å². The third-order valence-electron chi connectivity index (χ3n) is 2.87. The van der Waals surface area contributed by atoms with Gasteiger partial charge in [0, 0.05) is 27.4 Å². The summed E-state index contributed by atoms with van der Waals surface area (Å²) in [4.78, 5) is 23.9. The molecule has 5 heteroatoms. The zero-order valence-corrected chi connectivity index (χ0v) is 13.6. The van der Waals surface area contributed by atoms with Crippen molar-refractivity contribution in [3.63, 3.8) is 0 Å². The summed E-state index contributed by atoms with van der Waals surface area (Å²) in [5.41, 5.74) is 6.95. The van der Waals surface area contributed by atoms with Gasteiger partial charge in [-0.3, -0.25) is 15.0 Å². The molecule has 0 aliphatic heterocycles. The Bertz CT molecular complexity index is 712. The monoisotopic (exact) mass is 358 g/mol. The minimum absolute atomic E-state index is 0.123. The van der Waals surface area contributed by atoms with E-state index < -0.39 is 0 Å². The van der Waals surface area contributed by atoms with Crippen LogP contribution >= 0.6 is 15.9 Å². The molecule has 22 heavy (non-hydrogen) atoms. The van der Waals surface area contributed by atoms with Gasteiger partial charge < -0.3 is 5.43 Å². The molecule has 0 spiro atoms. The van der Waals surface area contributed by atoms with Gasteiger partial charge >= 0.3 is 0 Å². The SMILES string of the molecule is CC(=CC(=O)c1ccccc1)NNC(=O)c1cccc(Br)c1. The number of amides is 1. The molecule has 2 rings (SSSR count). The predicted octanol–water partition coefficient (Wildman–Crippen LogP) is 3.47. The highest BCUT2D eigenvalue weighted by Gasteiger charge is 2.06. The maximum Gasteiger partial charge on any atom is 0.269 e. The maximum absolute atomic E-state index is 12.0. The van der Waals surface area contributed by atoms with Gasteiger partial charge in [0.15, 0.2) is 5.78 Å². The molecule has 0 aliphatic carbocycles. The molecule has 2 N–H and O–H groups in total. The fraction of sp³-hybridized carbons (Fsp3) is 0.0588. The van der Waals surface area contributed by atoms with Crippen LogP contribution in [-0.2, 0) is 0 Å². The molecule has 112 valence electrons. The van der Waals surface area contributed by atoms with Crippen LogP contribution in [0, 0.1) is 0 Å². The first kappa shape index (κ1) is 16.0. The zero-order valence-electron chi connectivity index (χ0n) is 12.0. The number of nitrogens with one attached hydrogen (secondary N) is 2. The fourth-order valence-electron chi connectivity index (χ4n) is 1.78. The molecule has 4 nitrogen and oxygen atoms in total. The Balaban J connectivity index is 1.95. The number of benzene rings is 2. The second-order valence-electron chi connectivity index (χ2n) is 4.65. The first-order valence-corrected chi connectivity index (χ1v) is 7.45. The largest absolute Gasteiger partial charge is 0.303 e. The van der Waals surface area contributed by atoms with E-state index in [2.05, 4.69) is 26.8 Å². The Morgan fingerprint density at radius 3 is 2.32 bits per heavy atom. The molecule has 1 amide bonds. The van der Waals surface area contributed by atoms with E-state index in [9.17, 15) is 9.59 Å². The molecule has 0 radical (unpaired) electrons. The van der Waals surface area contributed by atoms with Gasteiger partial charge in [0.25, 0.3) is 5.91 Å². The highest BCUT2D eigenvalue weighted by atomic mass is 79.9. The normalized spacial score (nSPS) is 10.9. The van der Waals surface area contributed by atoms with E-state index in [1.807, 2.05) is 12.1 Å². The zero-order chi connectivity index (χ0) is 15.9. The van der Waals surface area contributed by atoms with Crippen molar-refractivity contribution in [2.24, 2.45) is 0 Å². The molecule has 0 unspecified atom stereocenters. The molecule has 0 saturated carbocycles. The van der Waals surface area contributed by atoms with Crippen LogP contribution in [0.4, 0.5) is 0 Å². The van der Waals surface area contributed by atoms with Crippen LogP contribution in [0.25, 0.3) is 0 Å². The van der Waals surface area contributed by atoms with Crippen molar-refractivity contribution in [3.05, 3.63) is 82.0 Å². The molecule has 2 aromatic carbocycles. The number of rotatable bonds is 5. The van der Waals surface area contributed by atoms with Crippen molar-refractivity contribution in [1.29, 1.82) is 0 Å². The second-order valence-corrected chi connectivity index (χ2v) is 5.56. The lowest BCUT2D eigenvalue weighted by molar-refractivity contribution is 0.0936. The number of hydrogen-bond acceptors (Lipinski definition) is 3. The minimum Gasteiger partial charge on any atom is -0.303 e. The lowest BCUT2D eigenvalue weighted by Crippen LogP contribution is -2.36. The van der Waals surface area contributed by atoms with Crippen LogP contribution in [0.5, 0.6) is 0 Å². The third-order valence-corrected chi connectivity index (χ3v) is 3.36. The Morgan fingerprint density at radius 2 is 1.64 bits per heavy atom. The highest BCUT2D eigenvalue weighted by molar-refractivity contribution is 9.10. The lowest BCUT2D eigenvalue weighted by atomic mass is 10.1. The number of hydrogen-bond donors (Lipinski definition) is 2. The minimum atomic E-state index is -0.277. The van der Waals surface area contributed by atoms with E-state index in [4.69, 9.17) is 0 Å². The summed E-state index contributed by atoms with van der Waals surface area (Å²) in [6.45, 7) is 1.71. The van der Waals surface area contributed by atoms with Gasteiger partial charge in [-0.1, -0.05) is 52.3 Å². The lowest BCUT2D eigenvalue weighted by Gasteiger charge is -2.09. The average Bonchev–Trinajstić information content (AvgIpc) is 2.53. The van der Waals surface area contributed by atoms with E-state index in [1.54, 1.807) is 49.4 Å². The molecule has 0 aliphatic rings. The van der Waals surface area contributed by atoms with Crippen LogP contribution in [0.1, 0.15) is 27.6 Å². The number of allylic oxidation sites excluding steroid dienone is 2. The van der Waals surface area contributed by atoms with Crippen molar-refractivity contribution < 1.29 is 9.59 Å². The van der Waals surface area contributed by atoms with Gasteiger partial charge in [-0.2, -0.15) is 0 Å². The topological polar surface area (TPSA) is 58.2 Å². The van der Waals surface area contributed by atoms with Crippen molar-refractivity contribution >= 4 is 27.6 Å². The molecule has 0 fully saturated rings. The average molecular weight is 359 g/mol. The van der Waals surface area contributed by atoms with Crippen molar-refractivity contribution in [2.45, 2.75) is 6.92 Å². The van der Waals surface area contributed by atoms with Gasteiger partial charge in [0.1, 0.15) is 0 Å². The first-order valence-electron chi connectivity index (χ1n) is 6.66. The maximum atomic E-state index is 12.0. The van der Waals surface area contributed by atoms with Crippen LogP contribution in [0.2, 0.25) is 0 Å². The summed E-state index contributed by atoms with van der Waals surface area (Å²) in [6, 6.07) is 16.0. The van der Waals surface area contributed by atoms with Gasteiger partial charge in [0.2, 0.25) is 0 Å². The Morgan fingerprint density at radius 1 is 0.955 bits per heavy atom. The van der Waals surface area contributed by atoms with Crippen LogP contribution in [0.15, 0.2) is 70.8 Å². The van der Waals surface area contributed by atoms with Gasteiger partial charge in [-0.25, -0.2) is 0 Å². The Hall–Kier alpha value is -2.40. The van der Waals surface area contributed by atoms with Crippen LogP contribution in [0.3, 0.4) is 0 Å². The number of carbonyl (C=O) groups excluding carboxylic acids is 2. The van der Waals surface area contributed by atoms with Crippen molar-refractivity contribution in [1.82, 2.24) is 10.9 Å². The summed E-state index contributed by atoms with van der Waals surface area (Å²) < 4.78 is 0.826. The third kappa shape index (κ3) is 4.56. The van der Waals surface area contributed by atoms with Crippen molar-refractivity contribution in [3.8, 4) is 0 Å². The predicted molar refractivity (Wildman–Crippen MR) is 89.3 cm³/mol. The summed E-state index contributed by atoms with van der Waals surface area (Å²) in [6.07, 6.45) is 1.44. The van der Waals surface area contributed by atoms with Crippen LogP contribution < -0.4 is 10.9 Å². The number of carbonyl (C=O) groups is 2. The molecule has 0 saturated heterocycles. The van der Waals surface area contributed by atoms with E-state index in [-0.39, 0.29) is 11.7 Å². The smallest absolute Gasteiger partial charge is 0.269 e. The molecule has 0 bridgehead atoms.